The van der Waals surface area contributed by atoms with Gasteiger partial charge < -0.3 is 14.2 Å². The largest absolute Gasteiger partial charge is 0.378 e. The van der Waals surface area contributed by atoms with Crippen LogP contribution in [0.4, 0.5) is 5.82 Å². The zero-order valence-electron chi connectivity index (χ0n) is 15.8. The molecule has 0 radical (unpaired) electrons. The number of nitrogens with zero attached hydrogens (tertiary/aromatic N) is 9. The number of aromatic nitrogens is 8. The Hall–Kier alpha value is -3.37. The van der Waals surface area contributed by atoms with Gasteiger partial charge in [-0.25, -0.2) is 15.0 Å². The van der Waals surface area contributed by atoms with Gasteiger partial charge in [-0.15, -0.1) is 10.2 Å². The molecule has 10 nitrogen and oxygen atoms in total. The van der Waals surface area contributed by atoms with Gasteiger partial charge in [-0.1, -0.05) is 35.9 Å². The van der Waals surface area contributed by atoms with Crippen molar-refractivity contribution in [3.8, 4) is 0 Å². The van der Waals surface area contributed by atoms with E-state index in [-0.39, 0.29) is 0 Å². The first-order valence-corrected chi connectivity index (χ1v) is 9.94. The van der Waals surface area contributed by atoms with Crippen molar-refractivity contribution < 1.29 is 4.74 Å². The molecule has 11 heteroatoms. The van der Waals surface area contributed by atoms with Crippen molar-refractivity contribution in [1.29, 1.82) is 0 Å². The zero-order chi connectivity index (χ0) is 20.1. The molecular weight excluding hydrogens is 406 g/mol. The zero-order valence-corrected chi connectivity index (χ0v) is 16.6. The molecule has 4 aromatic heterocycles. The van der Waals surface area contributed by atoms with Gasteiger partial charge in [0.1, 0.15) is 6.33 Å². The van der Waals surface area contributed by atoms with E-state index in [0.717, 1.165) is 40.8 Å². The molecule has 5 heterocycles. The summed E-state index contributed by atoms with van der Waals surface area (Å²) in [4.78, 5) is 15.7. The van der Waals surface area contributed by atoms with E-state index in [1.165, 1.54) is 0 Å². The van der Waals surface area contributed by atoms with Crippen LogP contribution in [0.5, 0.6) is 0 Å². The fourth-order valence-corrected chi connectivity index (χ4v) is 4.07. The molecule has 6 rings (SSSR count). The summed E-state index contributed by atoms with van der Waals surface area (Å²) in [6, 6.07) is 7.76. The molecule has 1 aliphatic heterocycles. The molecular formula is C19H16ClN9O. The first-order chi connectivity index (χ1) is 14.8. The number of rotatable bonds is 3. The standard InChI is InChI=1S/C19H16ClN9O/c20-16-12-3-1-2-4-13(12)17-25-24-14(29(17)26-16)9-28-11-23-15-18(21-10-22-19(15)28)27-5-7-30-8-6-27/h1-4,10-11H,5-9H2. The minimum atomic E-state index is 0.402. The highest BCUT2D eigenvalue weighted by Crippen LogP contribution is 2.26. The second-order valence-corrected chi connectivity index (χ2v) is 7.39. The number of benzene rings is 1. The predicted molar refractivity (Wildman–Crippen MR) is 111 cm³/mol. The molecule has 1 saturated heterocycles. The Kier molecular flexibility index (Phi) is 3.99. The fourth-order valence-electron chi connectivity index (χ4n) is 3.83. The molecule has 30 heavy (non-hydrogen) atoms. The maximum atomic E-state index is 6.41. The second-order valence-electron chi connectivity index (χ2n) is 7.03. The summed E-state index contributed by atoms with van der Waals surface area (Å²) in [5, 5.41) is 15.3. The Morgan fingerprint density at radius 2 is 1.80 bits per heavy atom. The van der Waals surface area contributed by atoms with Crippen LogP contribution in [0.2, 0.25) is 5.15 Å². The van der Waals surface area contributed by atoms with Crippen LogP contribution in [0.1, 0.15) is 5.82 Å². The molecule has 0 atom stereocenters. The molecule has 0 saturated carbocycles. The van der Waals surface area contributed by atoms with Crippen molar-refractivity contribution in [3.05, 3.63) is 47.9 Å². The van der Waals surface area contributed by atoms with Crippen LogP contribution >= 0.6 is 11.6 Å². The Morgan fingerprint density at radius 3 is 2.67 bits per heavy atom. The highest BCUT2D eigenvalue weighted by Gasteiger charge is 2.20. The lowest BCUT2D eigenvalue weighted by Gasteiger charge is -2.27. The van der Waals surface area contributed by atoms with Crippen LogP contribution in [-0.4, -0.2) is 65.6 Å². The molecule has 0 aliphatic carbocycles. The normalized spacial score (nSPS) is 14.9. The Labute approximate surface area is 175 Å². The fraction of sp³-hybridized carbons (Fsp3) is 0.263. The number of anilines is 1. The van der Waals surface area contributed by atoms with Gasteiger partial charge in [0.15, 0.2) is 33.6 Å². The smallest absolute Gasteiger partial charge is 0.185 e. The molecule has 0 amide bonds. The van der Waals surface area contributed by atoms with E-state index in [2.05, 4.69) is 35.1 Å². The maximum absolute atomic E-state index is 6.41. The van der Waals surface area contributed by atoms with Crippen molar-refractivity contribution in [3.63, 3.8) is 0 Å². The van der Waals surface area contributed by atoms with Gasteiger partial charge in [0.2, 0.25) is 0 Å². The topological polar surface area (TPSA) is 99.2 Å². The number of morpholine rings is 1. The number of imidazole rings is 1. The van der Waals surface area contributed by atoms with Gasteiger partial charge in [-0.3, -0.25) is 0 Å². The summed E-state index contributed by atoms with van der Waals surface area (Å²) in [7, 11) is 0. The molecule has 150 valence electrons. The van der Waals surface area contributed by atoms with Gasteiger partial charge in [-0.2, -0.15) is 9.61 Å². The van der Waals surface area contributed by atoms with Gasteiger partial charge in [0, 0.05) is 23.9 Å². The lowest BCUT2D eigenvalue weighted by atomic mass is 10.2. The molecule has 5 aromatic rings. The number of fused-ring (bicyclic) bond motifs is 4. The summed E-state index contributed by atoms with van der Waals surface area (Å²) in [5.74, 6) is 1.46. The summed E-state index contributed by atoms with van der Waals surface area (Å²) >= 11 is 6.41. The van der Waals surface area contributed by atoms with E-state index >= 15 is 0 Å². The highest BCUT2D eigenvalue weighted by atomic mass is 35.5. The Morgan fingerprint density at radius 1 is 0.967 bits per heavy atom. The summed E-state index contributed by atoms with van der Waals surface area (Å²) in [6.07, 6.45) is 3.31. The summed E-state index contributed by atoms with van der Waals surface area (Å²) in [6.45, 7) is 3.32. The van der Waals surface area contributed by atoms with E-state index in [9.17, 15) is 0 Å². The molecule has 1 aromatic carbocycles. The molecule has 0 bridgehead atoms. The Balaban J connectivity index is 1.43. The number of hydrogen-bond donors (Lipinski definition) is 0. The molecule has 0 unspecified atom stereocenters. The summed E-state index contributed by atoms with van der Waals surface area (Å²) < 4.78 is 9.04. The maximum Gasteiger partial charge on any atom is 0.185 e. The van der Waals surface area contributed by atoms with Gasteiger partial charge in [0.05, 0.1) is 26.1 Å². The van der Waals surface area contributed by atoms with E-state index in [0.29, 0.717) is 36.4 Å². The van der Waals surface area contributed by atoms with Crippen LogP contribution < -0.4 is 4.90 Å². The molecule has 1 fully saturated rings. The number of ether oxygens (including phenoxy) is 1. The Bertz CT molecular complexity index is 1390. The average molecular weight is 422 g/mol. The van der Waals surface area contributed by atoms with Gasteiger partial charge >= 0.3 is 0 Å². The van der Waals surface area contributed by atoms with Crippen LogP contribution in [0.3, 0.4) is 0 Å². The minimum Gasteiger partial charge on any atom is -0.378 e. The van der Waals surface area contributed by atoms with Crippen molar-refractivity contribution in [2.75, 3.05) is 31.2 Å². The minimum absolute atomic E-state index is 0.402. The third kappa shape index (κ3) is 2.68. The summed E-state index contributed by atoms with van der Waals surface area (Å²) in [5.41, 5.74) is 2.15. The van der Waals surface area contributed by atoms with E-state index in [1.54, 1.807) is 17.2 Å². The van der Waals surface area contributed by atoms with Gasteiger partial charge in [-0.05, 0) is 0 Å². The van der Waals surface area contributed by atoms with Crippen LogP contribution in [-0.2, 0) is 11.3 Å². The highest BCUT2D eigenvalue weighted by molar-refractivity contribution is 6.34. The monoisotopic (exact) mass is 421 g/mol. The van der Waals surface area contributed by atoms with E-state index < -0.39 is 0 Å². The molecule has 0 spiro atoms. The quantitative estimate of drug-likeness (QED) is 0.436. The lowest BCUT2D eigenvalue weighted by molar-refractivity contribution is 0.122. The number of halogens is 1. The van der Waals surface area contributed by atoms with Crippen molar-refractivity contribution >= 4 is 45.0 Å². The lowest BCUT2D eigenvalue weighted by Crippen LogP contribution is -2.36. The van der Waals surface area contributed by atoms with Crippen molar-refractivity contribution in [2.24, 2.45) is 0 Å². The SMILES string of the molecule is Clc1nn2c(Cn3cnc4c(N5CCOCC5)ncnc43)nnc2c2ccccc12. The van der Waals surface area contributed by atoms with Crippen molar-refractivity contribution in [1.82, 2.24) is 39.3 Å². The number of hydrogen-bond acceptors (Lipinski definition) is 8. The third-order valence-electron chi connectivity index (χ3n) is 5.29. The van der Waals surface area contributed by atoms with Crippen LogP contribution in [0.25, 0.3) is 27.6 Å². The predicted octanol–water partition coefficient (Wildman–Crippen LogP) is 1.96. The average Bonchev–Trinajstić information content (AvgIpc) is 3.39. The first-order valence-electron chi connectivity index (χ1n) is 9.56. The second kappa shape index (κ2) is 6.85. The molecule has 0 N–H and O–H groups in total. The van der Waals surface area contributed by atoms with Crippen molar-refractivity contribution in [2.45, 2.75) is 6.54 Å². The van der Waals surface area contributed by atoms with Gasteiger partial charge in [0.25, 0.3) is 0 Å². The third-order valence-corrected chi connectivity index (χ3v) is 5.57. The molecule has 1 aliphatic rings. The van der Waals surface area contributed by atoms with E-state index in [4.69, 9.17) is 16.3 Å². The first kappa shape index (κ1) is 17.5. The van der Waals surface area contributed by atoms with Crippen LogP contribution in [0, 0.1) is 0 Å². The van der Waals surface area contributed by atoms with Crippen LogP contribution in [0.15, 0.2) is 36.9 Å². The van der Waals surface area contributed by atoms with E-state index in [1.807, 2.05) is 28.8 Å².